The standard InChI is InChI=1S/C13H27N3O/c1-5-11(2)15(4)9-10-16-8-6-7-12(14-3)13(16)17/h11-12,14H,5-10H2,1-4H3. The molecular formula is C13H27N3O. The Bertz CT molecular complexity index is 245. The van der Waals surface area contributed by atoms with Crippen molar-refractivity contribution < 1.29 is 4.79 Å². The van der Waals surface area contributed by atoms with E-state index in [1.54, 1.807) is 0 Å². The first-order chi connectivity index (χ1) is 8.10. The highest BCUT2D eigenvalue weighted by atomic mass is 16.2. The molecule has 1 amide bonds. The van der Waals surface area contributed by atoms with Crippen molar-refractivity contribution in [3.63, 3.8) is 0 Å². The van der Waals surface area contributed by atoms with Crippen LogP contribution in [0.2, 0.25) is 0 Å². The van der Waals surface area contributed by atoms with Gasteiger partial charge in [0.1, 0.15) is 0 Å². The summed E-state index contributed by atoms with van der Waals surface area (Å²) in [7, 11) is 4.01. The summed E-state index contributed by atoms with van der Waals surface area (Å²) in [6.07, 6.45) is 3.25. The van der Waals surface area contributed by atoms with Crippen molar-refractivity contribution in [3.05, 3.63) is 0 Å². The average molecular weight is 241 g/mol. The molecule has 1 fully saturated rings. The summed E-state index contributed by atoms with van der Waals surface area (Å²) < 4.78 is 0. The van der Waals surface area contributed by atoms with Crippen molar-refractivity contribution in [1.82, 2.24) is 15.1 Å². The van der Waals surface area contributed by atoms with Gasteiger partial charge in [-0.1, -0.05) is 6.92 Å². The van der Waals surface area contributed by atoms with Gasteiger partial charge in [-0.3, -0.25) is 4.79 Å². The Kier molecular flexibility index (Phi) is 5.92. The molecular weight excluding hydrogens is 214 g/mol. The van der Waals surface area contributed by atoms with Crippen LogP contribution < -0.4 is 5.32 Å². The zero-order valence-electron chi connectivity index (χ0n) is 11.7. The van der Waals surface area contributed by atoms with Gasteiger partial charge in [-0.2, -0.15) is 0 Å². The zero-order valence-corrected chi connectivity index (χ0v) is 11.7. The monoisotopic (exact) mass is 241 g/mol. The molecule has 1 N–H and O–H groups in total. The van der Waals surface area contributed by atoms with Gasteiger partial charge in [0, 0.05) is 25.7 Å². The molecule has 1 heterocycles. The summed E-state index contributed by atoms with van der Waals surface area (Å²) in [4.78, 5) is 16.4. The molecule has 1 rings (SSSR count). The van der Waals surface area contributed by atoms with Crippen molar-refractivity contribution in [3.8, 4) is 0 Å². The van der Waals surface area contributed by atoms with Crippen LogP contribution in [0.3, 0.4) is 0 Å². The molecule has 17 heavy (non-hydrogen) atoms. The minimum Gasteiger partial charge on any atom is -0.340 e. The minimum atomic E-state index is 0.0395. The van der Waals surface area contributed by atoms with E-state index in [-0.39, 0.29) is 11.9 Å². The molecule has 0 bridgehead atoms. The van der Waals surface area contributed by atoms with Gasteiger partial charge in [-0.25, -0.2) is 0 Å². The van der Waals surface area contributed by atoms with Crippen LogP contribution in [-0.2, 0) is 4.79 Å². The molecule has 1 aliphatic heterocycles. The number of carbonyl (C=O) groups is 1. The number of nitrogens with zero attached hydrogens (tertiary/aromatic N) is 2. The quantitative estimate of drug-likeness (QED) is 0.751. The Morgan fingerprint density at radius 2 is 2.29 bits per heavy atom. The van der Waals surface area contributed by atoms with E-state index in [0.717, 1.165) is 38.9 Å². The fourth-order valence-corrected chi connectivity index (χ4v) is 2.24. The summed E-state index contributed by atoms with van der Waals surface area (Å²) in [6.45, 7) is 7.18. The van der Waals surface area contributed by atoms with Gasteiger partial charge in [-0.05, 0) is 40.3 Å². The smallest absolute Gasteiger partial charge is 0.239 e. The van der Waals surface area contributed by atoms with Crippen LogP contribution in [0.15, 0.2) is 0 Å². The topological polar surface area (TPSA) is 35.6 Å². The van der Waals surface area contributed by atoms with Crippen LogP contribution in [0.5, 0.6) is 0 Å². The summed E-state index contributed by atoms with van der Waals surface area (Å²) in [6, 6.07) is 0.632. The average Bonchev–Trinajstić information content (AvgIpc) is 2.36. The lowest BCUT2D eigenvalue weighted by Gasteiger charge is -2.34. The van der Waals surface area contributed by atoms with E-state index in [1.807, 2.05) is 11.9 Å². The van der Waals surface area contributed by atoms with Crippen molar-refractivity contribution >= 4 is 5.91 Å². The molecule has 2 unspecified atom stereocenters. The SMILES string of the molecule is CCC(C)N(C)CCN1CCCC(NC)C1=O. The van der Waals surface area contributed by atoms with E-state index in [1.165, 1.54) is 0 Å². The predicted octanol–water partition coefficient (Wildman–Crippen LogP) is 0.927. The van der Waals surface area contributed by atoms with Crippen LogP contribution >= 0.6 is 0 Å². The number of hydrogen-bond donors (Lipinski definition) is 1. The maximum atomic E-state index is 12.1. The maximum absolute atomic E-state index is 12.1. The molecule has 100 valence electrons. The third-order valence-electron chi connectivity index (χ3n) is 3.94. The second-order valence-electron chi connectivity index (χ2n) is 5.05. The van der Waals surface area contributed by atoms with E-state index in [4.69, 9.17) is 0 Å². The molecule has 0 aromatic rings. The number of likely N-dealkylation sites (N-methyl/N-ethyl adjacent to an activating group) is 2. The van der Waals surface area contributed by atoms with Gasteiger partial charge in [0.05, 0.1) is 6.04 Å². The minimum absolute atomic E-state index is 0.0395. The van der Waals surface area contributed by atoms with Gasteiger partial charge in [-0.15, -0.1) is 0 Å². The Balaban J connectivity index is 2.38. The second kappa shape index (κ2) is 6.97. The van der Waals surface area contributed by atoms with Crippen molar-refractivity contribution in [1.29, 1.82) is 0 Å². The van der Waals surface area contributed by atoms with Crippen molar-refractivity contribution in [2.24, 2.45) is 0 Å². The lowest BCUT2D eigenvalue weighted by atomic mass is 10.1. The maximum Gasteiger partial charge on any atom is 0.239 e. The normalized spacial score (nSPS) is 23.2. The number of amides is 1. The van der Waals surface area contributed by atoms with E-state index >= 15 is 0 Å². The number of hydrogen-bond acceptors (Lipinski definition) is 3. The molecule has 2 atom stereocenters. The van der Waals surface area contributed by atoms with Crippen LogP contribution in [0.25, 0.3) is 0 Å². The first kappa shape index (κ1) is 14.5. The molecule has 0 aliphatic carbocycles. The van der Waals surface area contributed by atoms with Gasteiger partial charge in [0.15, 0.2) is 0 Å². The van der Waals surface area contributed by atoms with Crippen LogP contribution in [-0.4, -0.2) is 61.5 Å². The number of piperidine rings is 1. The van der Waals surface area contributed by atoms with Gasteiger partial charge >= 0.3 is 0 Å². The molecule has 4 nitrogen and oxygen atoms in total. The highest BCUT2D eigenvalue weighted by Crippen LogP contribution is 2.11. The van der Waals surface area contributed by atoms with Crippen molar-refractivity contribution in [2.75, 3.05) is 33.7 Å². The molecule has 1 saturated heterocycles. The second-order valence-corrected chi connectivity index (χ2v) is 5.05. The number of nitrogens with one attached hydrogen (secondary N) is 1. The van der Waals surface area contributed by atoms with Crippen LogP contribution in [0.1, 0.15) is 33.1 Å². The Labute approximate surface area is 105 Å². The summed E-state index contributed by atoms with van der Waals surface area (Å²) in [5, 5.41) is 3.10. The van der Waals surface area contributed by atoms with E-state index in [9.17, 15) is 4.79 Å². The Morgan fingerprint density at radius 1 is 1.59 bits per heavy atom. The molecule has 0 saturated carbocycles. The van der Waals surface area contributed by atoms with Gasteiger partial charge < -0.3 is 15.1 Å². The molecule has 0 radical (unpaired) electrons. The number of rotatable bonds is 6. The fourth-order valence-electron chi connectivity index (χ4n) is 2.24. The molecule has 0 spiro atoms. The number of carbonyl (C=O) groups excluding carboxylic acids is 1. The fraction of sp³-hybridized carbons (Fsp3) is 0.923. The largest absolute Gasteiger partial charge is 0.340 e. The highest BCUT2D eigenvalue weighted by Gasteiger charge is 2.27. The van der Waals surface area contributed by atoms with E-state index < -0.39 is 0 Å². The highest BCUT2D eigenvalue weighted by molar-refractivity contribution is 5.82. The Morgan fingerprint density at radius 3 is 2.88 bits per heavy atom. The summed E-state index contributed by atoms with van der Waals surface area (Å²) >= 11 is 0. The third kappa shape index (κ3) is 3.96. The van der Waals surface area contributed by atoms with E-state index in [0.29, 0.717) is 6.04 Å². The Hall–Kier alpha value is -0.610. The van der Waals surface area contributed by atoms with Crippen LogP contribution in [0, 0.1) is 0 Å². The number of likely N-dealkylation sites (tertiary alicyclic amines) is 1. The third-order valence-corrected chi connectivity index (χ3v) is 3.94. The zero-order chi connectivity index (χ0) is 12.8. The van der Waals surface area contributed by atoms with Crippen molar-refractivity contribution in [2.45, 2.75) is 45.2 Å². The first-order valence-corrected chi connectivity index (χ1v) is 6.76. The molecule has 0 aromatic heterocycles. The lowest BCUT2D eigenvalue weighted by molar-refractivity contribution is -0.136. The molecule has 4 heteroatoms. The first-order valence-electron chi connectivity index (χ1n) is 6.76. The summed E-state index contributed by atoms with van der Waals surface area (Å²) in [5.74, 6) is 0.274. The van der Waals surface area contributed by atoms with E-state index in [2.05, 4.69) is 31.1 Å². The molecule has 1 aliphatic rings. The predicted molar refractivity (Wildman–Crippen MR) is 71.0 cm³/mol. The van der Waals surface area contributed by atoms with Gasteiger partial charge in [0.2, 0.25) is 5.91 Å². The summed E-state index contributed by atoms with van der Waals surface area (Å²) in [5.41, 5.74) is 0. The molecule has 0 aromatic carbocycles. The van der Waals surface area contributed by atoms with Gasteiger partial charge in [0.25, 0.3) is 0 Å². The van der Waals surface area contributed by atoms with Crippen LogP contribution in [0.4, 0.5) is 0 Å². The lowest BCUT2D eigenvalue weighted by Crippen LogP contribution is -2.51.